The second-order valence-corrected chi connectivity index (χ2v) is 7.03. The number of para-hydroxylation sites is 1. The molecule has 1 aromatic heterocycles. The van der Waals surface area contributed by atoms with Crippen LogP contribution in [0.15, 0.2) is 42.6 Å². The van der Waals surface area contributed by atoms with E-state index in [1.165, 1.54) is 19.4 Å². The van der Waals surface area contributed by atoms with Gasteiger partial charge in [0.1, 0.15) is 17.3 Å². The topological polar surface area (TPSA) is 131 Å². The van der Waals surface area contributed by atoms with Crippen molar-refractivity contribution in [3.05, 3.63) is 63.8 Å². The van der Waals surface area contributed by atoms with Gasteiger partial charge in [0.05, 0.1) is 36.3 Å². The summed E-state index contributed by atoms with van der Waals surface area (Å²) in [6, 6.07) is 12.0. The van der Waals surface area contributed by atoms with Crippen LogP contribution in [0.5, 0.6) is 0 Å². The summed E-state index contributed by atoms with van der Waals surface area (Å²) < 4.78 is 10.2. The Kier molecular flexibility index (Phi) is 5.83. The standard InChI is InChI=1S/C22H19N5O5/c1-31-22(28)17-11-15(26-7-9-32-10-8-26)12-19(21(17)27(29)30)25-18-5-6-24-20-14(13-23)3-2-4-16(18)20/h2-6,11-12H,7-10H2,1H3,(H,24,25). The lowest BCUT2D eigenvalue weighted by molar-refractivity contribution is -0.384. The minimum Gasteiger partial charge on any atom is -0.465 e. The van der Waals surface area contributed by atoms with Crippen LogP contribution in [0.25, 0.3) is 10.9 Å². The van der Waals surface area contributed by atoms with Crippen molar-refractivity contribution in [2.24, 2.45) is 0 Å². The van der Waals surface area contributed by atoms with Gasteiger partial charge in [0.15, 0.2) is 0 Å². The van der Waals surface area contributed by atoms with Gasteiger partial charge in [0.25, 0.3) is 0 Å². The maximum Gasteiger partial charge on any atom is 0.345 e. The highest BCUT2D eigenvalue weighted by Crippen LogP contribution is 2.38. The molecule has 10 nitrogen and oxygen atoms in total. The molecule has 4 rings (SSSR count). The molecule has 162 valence electrons. The number of pyridine rings is 1. The highest BCUT2D eigenvalue weighted by Gasteiger charge is 2.29. The van der Waals surface area contributed by atoms with Gasteiger partial charge in [0, 0.05) is 36.0 Å². The van der Waals surface area contributed by atoms with E-state index in [0.717, 1.165) is 0 Å². The first kappa shape index (κ1) is 21.0. The monoisotopic (exact) mass is 433 g/mol. The zero-order chi connectivity index (χ0) is 22.7. The lowest BCUT2D eigenvalue weighted by atomic mass is 10.1. The number of aromatic nitrogens is 1. The van der Waals surface area contributed by atoms with Gasteiger partial charge in [-0.1, -0.05) is 12.1 Å². The minimum absolute atomic E-state index is 0.134. The number of methoxy groups -OCH3 is 1. The number of rotatable bonds is 5. The van der Waals surface area contributed by atoms with E-state index in [1.807, 2.05) is 4.90 Å². The molecule has 2 aromatic carbocycles. The summed E-state index contributed by atoms with van der Waals surface area (Å²) in [5.74, 6) is -0.804. The molecule has 1 aliphatic heterocycles. The molecule has 32 heavy (non-hydrogen) atoms. The first-order chi connectivity index (χ1) is 15.5. The number of ether oxygens (including phenoxy) is 2. The number of nitro groups is 1. The van der Waals surface area contributed by atoms with Crippen LogP contribution in [0.4, 0.5) is 22.7 Å². The summed E-state index contributed by atoms with van der Waals surface area (Å²) in [5, 5.41) is 25.1. The smallest absolute Gasteiger partial charge is 0.345 e. The summed E-state index contributed by atoms with van der Waals surface area (Å²) in [6.45, 7) is 2.20. The van der Waals surface area contributed by atoms with Crippen LogP contribution in [0.1, 0.15) is 15.9 Å². The number of hydrogen-bond donors (Lipinski definition) is 1. The zero-order valence-electron chi connectivity index (χ0n) is 17.2. The van der Waals surface area contributed by atoms with Crippen LogP contribution in [0.3, 0.4) is 0 Å². The zero-order valence-corrected chi connectivity index (χ0v) is 17.2. The number of nitrogens with one attached hydrogen (secondary N) is 1. The van der Waals surface area contributed by atoms with Gasteiger partial charge in [-0.2, -0.15) is 5.26 Å². The van der Waals surface area contributed by atoms with Gasteiger partial charge in [0.2, 0.25) is 0 Å². The number of nitrogens with zero attached hydrogens (tertiary/aromatic N) is 4. The van der Waals surface area contributed by atoms with Crippen LogP contribution in [-0.2, 0) is 9.47 Å². The van der Waals surface area contributed by atoms with Crippen LogP contribution < -0.4 is 10.2 Å². The first-order valence-electron chi connectivity index (χ1n) is 9.81. The predicted molar refractivity (Wildman–Crippen MR) is 117 cm³/mol. The van der Waals surface area contributed by atoms with E-state index >= 15 is 0 Å². The highest BCUT2D eigenvalue weighted by molar-refractivity contribution is 6.01. The number of hydrogen-bond acceptors (Lipinski definition) is 9. The number of esters is 1. The lowest BCUT2D eigenvalue weighted by Gasteiger charge is -2.29. The molecule has 1 N–H and O–H groups in total. The largest absolute Gasteiger partial charge is 0.465 e. The molecule has 3 aromatic rings. The number of anilines is 3. The molecule has 2 heterocycles. The van der Waals surface area contributed by atoms with Crippen molar-refractivity contribution in [2.45, 2.75) is 0 Å². The fraction of sp³-hybridized carbons (Fsp3) is 0.227. The third-order valence-corrected chi connectivity index (χ3v) is 5.22. The van der Waals surface area contributed by atoms with Gasteiger partial charge < -0.3 is 19.7 Å². The van der Waals surface area contributed by atoms with E-state index in [0.29, 0.717) is 54.1 Å². The maximum absolute atomic E-state index is 12.4. The van der Waals surface area contributed by atoms with E-state index in [2.05, 4.69) is 16.4 Å². The second-order valence-electron chi connectivity index (χ2n) is 7.03. The summed E-state index contributed by atoms with van der Waals surface area (Å²) in [5.41, 5.74) is 1.60. The van der Waals surface area contributed by atoms with Crippen molar-refractivity contribution < 1.29 is 19.2 Å². The Morgan fingerprint density at radius 2 is 2.06 bits per heavy atom. The van der Waals surface area contributed by atoms with Crippen molar-refractivity contribution in [3.63, 3.8) is 0 Å². The SMILES string of the molecule is COC(=O)c1cc(N2CCOCC2)cc(Nc2ccnc3c(C#N)cccc23)c1[N+](=O)[O-]. The predicted octanol–water partition coefficient (Wildman–Crippen LogP) is 3.38. The quantitative estimate of drug-likeness (QED) is 0.365. The van der Waals surface area contributed by atoms with Crippen LogP contribution in [0.2, 0.25) is 0 Å². The van der Waals surface area contributed by atoms with Gasteiger partial charge in [-0.15, -0.1) is 0 Å². The molecular formula is C22H19N5O5. The number of nitro benzene ring substituents is 1. The van der Waals surface area contributed by atoms with Gasteiger partial charge in [-0.25, -0.2) is 4.79 Å². The third-order valence-electron chi connectivity index (χ3n) is 5.22. The Morgan fingerprint density at radius 3 is 2.75 bits per heavy atom. The summed E-state index contributed by atoms with van der Waals surface area (Å²) in [7, 11) is 1.18. The number of fused-ring (bicyclic) bond motifs is 1. The molecule has 0 radical (unpaired) electrons. The Hall–Kier alpha value is -4.23. The van der Waals surface area contributed by atoms with Crippen molar-refractivity contribution in [1.29, 1.82) is 5.26 Å². The molecule has 0 unspecified atom stereocenters. The summed E-state index contributed by atoms with van der Waals surface area (Å²) in [4.78, 5) is 30.1. The molecule has 0 aliphatic carbocycles. The summed E-state index contributed by atoms with van der Waals surface area (Å²) >= 11 is 0. The normalized spacial score (nSPS) is 13.4. The Bertz CT molecular complexity index is 1250. The van der Waals surface area contributed by atoms with Crippen molar-refractivity contribution in [3.8, 4) is 6.07 Å². The first-order valence-corrected chi connectivity index (χ1v) is 9.81. The molecule has 0 amide bonds. The number of morpholine rings is 1. The number of carbonyl (C=O) groups is 1. The van der Waals surface area contributed by atoms with Crippen LogP contribution >= 0.6 is 0 Å². The van der Waals surface area contributed by atoms with Crippen molar-refractivity contribution >= 4 is 39.6 Å². The highest BCUT2D eigenvalue weighted by atomic mass is 16.6. The molecular weight excluding hydrogens is 414 g/mol. The van der Waals surface area contributed by atoms with Gasteiger partial charge >= 0.3 is 11.7 Å². The van der Waals surface area contributed by atoms with E-state index in [1.54, 1.807) is 30.3 Å². The molecule has 1 saturated heterocycles. The molecule has 0 atom stereocenters. The molecule has 1 aliphatic rings. The molecule has 0 saturated carbocycles. The Labute approximate surface area is 183 Å². The molecule has 10 heteroatoms. The van der Waals surface area contributed by atoms with Gasteiger partial charge in [-0.3, -0.25) is 15.1 Å². The fourth-order valence-corrected chi connectivity index (χ4v) is 3.70. The average molecular weight is 433 g/mol. The van der Waals surface area contributed by atoms with E-state index in [4.69, 9.17) is 9.47 Å². The van der Waals surface area contributed by atoms with E-state index < -0.39 is 16.6 Å². The number of carbonyl (C=O) groups excluding carboxylic acids is 1. The number of nitriles is 1. The minimum atomic E-state index is -0.804. The van der Waals surface area contributed by atoms with Gasteiger partial charge in [-0.05, 0) is 24.3 Å². The third kappa shape index (κ3) is 3.89. The summed E-state index contributed by atoms with van der Waals surface area (Å²) in [6.07, 6.45) is 1.52. The number of benzene rings is 2. The maximum atomic E-state index is 12.4. The Morgan fingerprint density at radius 1 is 1.28 bits per heavy atom. The van der Waals surface area contributed by atoms with Crippen molar-refractivity contribution in [1.82, 2.24) is 4.98 Å². The molecule has 1 fully saturated rings. The lowest BCUT2D eigenvalue weighted by Crippen LogP contribution is -2.36. The van der Waals surface area contributed by atoms with E-state index in [9.17, 15) is 20.2 Å². The fourth-order valence-electron chi connectivity index (χ4n) is 3.70. The van der Waals surface area contributed by atoms with Crippen LogP contribution in [-0.4, -0.2) is 49.3 Å². The van der Waals surface area contributed by atoms with Crippen LogP contribution in [0, 0.1) is 21.4 Å². The Balaban J connectivity index is 1.89. The second kappa shape index (κ2) is 8.87. The molecule has 0 bridgehead atoms. The van der Waals surface area contributed by atoms with E-state index in [-0.39, 0.29) is 11.3 Å². The van der Waals surface area contributed by atoms with Crippen molar-refractivity contribution in [2.75, 3.05) is 43.6 Å². The molecule has 0 spiro atoms. The average Bonchev–Trinajstić information content (AvgIpc) is 2.83.